The minimum absolute atomic E-state index is 0.199. The molecule has 1 aromatic rings. The molecule has 0 saturated carbocycles. The maximum Gasteiger partial charge on any atom is 0.146 e. The van der Waals surface area contributed by atoms with Gasteiger partial charge in [0, 0.05) is 6.42 Å². The fraction of sp³-hybridized carbons (Fsp3) is 0.833. The summed E-state index contributed by atoms with van der Waals surface area (Å²) in [4.78, 5) is 0. The lowest BCUT2D eigenvalue weighted by Gasteiger charge is -2.05. The van der Waals surface area contributed by atoms with Crippen molar-refractivity contribution in [1.29, 1.82) is 0 Å². The Balaban J connectivity index is 1.79. The van der Waals surface area contributed by atoms with E-state index >= 15 is 0 Å². The highest BCUT2D eigenvalue weighted by Gasteiger charge is 2.26. The van der Waals surface area contributed by atoms with E-state index in [1.807, 2.05) is 0 Å². The van der Waals surface area contributed by atoms with Crippen molar-refractivity contribution in [1.82, 2.24) is 15.5 Å². The van der Waals surface area contributed by atoms with E-state index in [2.05, 4.69) is 29.4 Å². The standard InChI is InChI=1S/C12H21N3OS/c1-3-13-8-4-5-11-14-15-12(17-11)10-7-6-9(2)16-10/h9-10,13H,3-8H2,1-2H3. The number of hydrogen-bond acceptors (Lipinski definition) is 5. The van der Waals surface area contributed by atoms with Crippen molar-refractivity contribution >= 4 is 11.3 Å². The first-order chi connectivity index (χ1) is 8.29. The van der Waals surface area contributed by atoms with Crippen LogP contribution in [0.2, 0.25) is 0 Å². The predicted molar refractivity (Wildman–Crippen MR) is 69.3 cm³/mol. The van der Waals surface area contributed by atoms with Gasteiger partial charge in [-0.1, -0.05) is 18.3 Å². The van der Waals surface area contributed by atoms with Crippen molar-refractivity contribution < 1.29 is 4.74 Å². The quantitative estimate of drug-likeness (QED) is 0.792. The molecule has 0 spiro atoms. The Morgan fingerprint density at radius 3 is 3.00 bits per heavy atom. The van der Waals surface area contributed by atoms with Crippen LogP contribution in [0.4, 0.5) is 0 Å². The minimum atomic E-state index is 0.199. The molecule has 2 heterocycles. The molecule has 0 bridgehead atoms. The van der Waals surface area contributed by atoms with Gasteiger partial charge in [-0.05, 0) is 39.3 Å². The van der Waals surface area contributed by atoms with E-state index in [-0.39, 0.29) is 6.10 Å². The summed E-state index contributed by atoms with van der Waals surface area (Å²) in [6, 6.07) is 0. The Labute approximate surface area is 107 Å². The van der Waals surface area contributed by atoms with Crippen LogP contribution in [-0.2, 0) is 11.2 Å². The topological polar surface area (TPSA) is 47.0 Å². The van der Waals surface area contributed by atoms with E-state index in [9.17, 15) is 0 Å². The van der Waals surface area contributed by atoms with Crippen molar-refractivity contribution in [3.05, 3.63) is 10.0 Å². The molecule has 17 heavy (non-hydrogen) atoms. The molecule has 1 N–H and O–H groups in total. The summed E-state index contributed by atoms with van der Waals surface area (Å²) in [5, 5.41) is 14.0. The molecule has 2 unspecified atom stereocenters. The zero-order valence-electron chi connectivity index (χ0n) is 10.6. The van der Waals surface area contributed by atoms with Crippen molar-refractivity contribution in [3.8, 4) is 0 Å². The highest BCUT2D eigenvalue weighted by Crippen LogP contribution is 2.33. The van der Waals surface area contributed by atoms with Gasteiger partial charge in [0.1, 0.15) is 16.1 Å². The van der Waals surface area contributed by atoms with E-state index in [4.69, 9.17) is 4.74 Å². The lowest BCUT2D eigenvalue weighted by atomic mass is 10.2. The van der Waals surface area contributed by atoms with Crippen LogP contribution in [0.1, 0.15) is 49.2 Å². The second-order valence-corrected chi connectivity index (χ2v) is 5.60. The fourth-order valence-electron chi connectivity index (χ4n) is 2.02. The number of ether oxygens (including phenoxy) is 1. The first kappa shape index (κ1) is 12.9. The van der Waals surface area contributed by atoms with Gasteiger partial charge in [0.05, 0.1) is 6.10 Å². The maximum absolute atomic E-state index is 5.80. The van der Waals surface area contributed by atoms with Crippen LogP contribution < -0.4 is 5.32 Å². The highest BCUT2D eigenvalue weighted by molar-refractivity contribution is 7.11. The zero-order valence-corrected chi connectivity index (χ0v) is 11.4. The monoisotopic (exact) mass is 255 g/mol. The number of nitrogens with one attached hydrogen (secondary N) is 1. The molecule has 0 aliphatic carbocycles. The molecule has 2 rings (SSSR count). The van der Waals surface area contributed by atoms with Crippen LogP contribution in [0.25, 0.3) is 0 Å². The van der Waals surface area contributed by atoms with E-state index in [1.165, 1.54) is 0 Å². The number of nitrogens with zero attached hydrogens (tertiary/aromatic N) is 2. The second-order valence-electron chi connectivity index (χ2n) is 4.50. The van der Waals surface area contributed by atoms with Gasteiger partial charge >= 0.3 is 0 Å². The van der Waals surface area contributed by atoms with Crippen molar-refractivity contribution in [3.63, 3.8) is 0 Å². The summed E-state index contributed by atoms with van der Waals surface area (Å²) in [6.45, 7) is 6.34. The highest BCUT2D eigenvalue weighted by atomic mass is 32.1. The fourth-order valence-corrected chi connectivity index (χ4v) is 2.98. The molecule has 1 aliphatic rings. The molecule has 0 amide bonds. The van der Waals surface area contributed by atoms with E-state index < -0.39 is 0 Å². The molecule has 1 saturated heterocycles. The van der Waals surface area contributed by atoms with E-state index in [1.54, 1.807) is 11.3 Å². The van der Waals surface area contributed by atoms with E-state index in [0.717, 1.165) is 48.8 Å². The van der Waals surface area contributed by atoms with Crippen molar-refractivity contribution in [2.45, 2.75) is 51.7 Å². The molecular formula is C12H21N3OS. The Kier molecular flexibility index (Phi) is 4.88. The summed E-state index contributed by atoms with van der Waals surface area (Å²) in [7, 11) is 0. The molecular weight excluding hydrogens is 234 g/mol. The first-order valence-corrected chi connectivity index (χ1v) is 7.29. The molecule has 0 aromatic carbocycles. The van der Waals surface area contributed by atoms with Gasteiger partial charge in [0.15, 0.2) is 0 Å². The average molecular weight is 255 g/mol. The molecule has 0 radical (unpaired) electrons. The van der Waals surface area contributed by atoms with Gasteiger partial charge in [-0.15, -0.1) is 10.2 Å². The Morgan fingerprint density at radius 1 is 1.41 bits per heavy atom. The summed E-state index contributed by atoms with van der Waals surface area (Å²) < 4.78 is 5.80. The summed E-state index contributed by atoms with van der Waals surface area (Å²) in [5.74, 6) is 0. The largest absolute Gasteiger partial charge is 0.368 e. The van der Waals surface area contributed by atoms with Crippen molar-refractivity contribution in [2.75, 3.05) is 13.1 Å². The normalized spacial score (nSPS) is 24.4. The summed E-state index contributed by atoms with van der Waals surface area (Å²) in [6.07, 6.45) is 4.95. The van der Waals surface area contributed by atoms with Gasteiger partial charge in [-0.2, -0.15) is 0 Å². The van der Waals surface area contributed by atoms with Crippen LogP contribution in [0.3, 0.4) is 0 Å². The molecule has 1 aliphatic heterocycles. The lowest BCUT2D eigenvalue weighted by molar-refractivity contribution is 0.0550. The van der Waals surface area contributed by atoms with Crippen LogP contribution >= 0.6 is 11.3 Å². The molecule has 96 valence electrons. The number of aromatic nitrogens is 2. The molecule has 4 nitrogen and oxygen atoms in total. The third-order valence-corrected chi connectivity index (χ3v) is 4.06. The van der Waals surface area contributed by atoms with Gasteiger partial charge in [-0.25, -0.2) is 0 Å². The summed E-state index contributed by atoms with van der Waals surface area (Å²) >= 11 is 1.72. The van der Waals surface area contributed by atoms with Crippen LogP contribution in [-0.4, -0.2) is 29.4 Å². The molecule has 2 atom stereocenters. The second kappa shape index (κ2) is 6.42. The third-order valence-electron chi connectivity index (χ3n) is 2.98. The van der Waals surface area contributed by atoms with Crippen molar-refractivity contribution in [2.24, 2.45) is 0 Å². The minimum Gasteiger partial charge on any atom is -0.368 e. The molecule has 1 fully saturated rings. The predicted octanol–water partition coefficient (Wildman–Crippen LogP) is 2.32. The lowest BCUT2D eigenvalue weighted by Crippen LogP contribution is -2.14. The van der Waals surface area contributed by atoms with Gasteiger partial charge in [0.2, 0.25) is 0 Å². The van der Waals surface area contributed by atoms with Crippen LogP contribution in [0, 0.1) is 0 Å². The maximum atomic E-state index is 5.80. The van der Waals surface area contributed by atoms with Crippen LogP contribution in [0.5, 0.6) is 0 Å². The van der Waals surface area contributed by atoms with Gasteiger partial charge in [-0.3, -0.25) is 0 Å². The number of aryl methyl sites for hydroxylation is 1. The Bertz CT molecular complexity index is 342. The number of rotatable bonds is 6. The zero-order chi connectivity index (χ0) is 12.1. The van der Waals surface area contributed by atoms with Crippen LogP contribution in [0.15, 0.2) is 0 Å². The third kappa shape index (κ3) is 3.72. The number of hydrogen-bond donors (Lipinski definition) is 1. The molecule has 5 heteroatoms. The summed E-state index contributed by atoms with van der Waals surface area (Å²) in [5.41, 5.74) is 0. The Morgan fingerprint density at radius 2 is 2.29 bits per heavy atom. The average Bonchev–Trinajstić information content (AvgIpc) is 2.93. The smallest absolute Gasteiger partial charge is 0.146 e. The van der Waals surface area contributed by atoms with Gasteiger partial charge in [0.25, 0.3) is 0 Å². The first-order valence-electron chi connectivity index (χ1n) is 6.48. The van der Waals surface area contributed by atoms with E-state index in [0.29, 0.717) is 6.10 Å². The van der Waals surface area contributed by atoms with Gasteiger partial charge < -0.3 is 10.1 Å². The SMILES string of the molecule is CCNCCCc1nnc(C2CCC(C)O2)s1. The molecule has 1 aromatic heterocycles. The Hall–Kier alpha value is -0.520.